The van der Waals surface area contributed by atoms with Crippen molar-refractivity contribution in [3.63, 3.8) is 0 Å². The van der Waals surface area contributed by atoms with Crippen LogP contribution in [0.1, 0.15) is 60.3 Å². The van der Waals surface area contributed by atoms with Gasteiger partial charge in [-0.15, -0.1) is 0 Å². The fourth-order valence-corrected chi connectivity index (χ4v) is 3.31. The van der Waals surface area contributed by atoms with Crippen molar-refractivity contribution in [3.05, 3.63) is 11.6 Å². The van der Waals surface area contributed by atoms with Crippen LogP contribution in [0.4, 0.5) is 0 Å². The topological polar surface area (TPSA) is 53.2 Å². The normalized spacial score (nSPS) is 16.4. The van der Waals surface area contributed by atoms with Gasteiger partial charge < -0.3 is 9.53 Å². The maximum absolute atomic E-state index is 10.5. The Kier molecular flexibility index (Phi) is 8.46. The molecule has 122 valence electrons. The molecule has 3 nitrogen and oxygen atoms in total. The highest BCUT2D eigenvalue weighted by Gasteiger charge is 2.40. The molecule has 0 saturated carbocycles. The Hall–Kier alpha value is -0.633. The second-order valence-corrected chi connectivity index (χ2v) is 12.1. The van der Waals surface area contributed by atoms with Gasteiger partial charge >= 0.3 is 0 Å². The van der Waals surface area contributed by atoms with Gasteiger partial charge in [0, 0.05) is 6.42 Å². The van der Waals surface area contributed by atoms with Gasteiger partial charge in [0.15, 0.2) is 8.32 Å². The van der Waals surface area contributed by atoms with Gasteiger partial charge in [-0.2, -0.15) is 5.26 Å². The van der Waals surface area contributed by atoms with Gasteiger partial charge in [-0.05, 0) is 37.9 Å². The summed E-state index contributed by atoms with van der Waals surface area (Å²) >= 11 is 0. The average Bonchev–Trinajstić information content (AvgIpc) is 2.32. The highest BCUT2D eigenvalue weighted by atomic mass is 28.4. The van der Waals surface area contributed by atoms with Crippen LogP contribution in [0.2, 0.25) is 18.1 Å². The molecular weight excluding hydrogens is 278 g/mol. The first-order valence-electron chi connectivity index (χ1n) is 7.95. The molecule has 0 aromatic carbocycles. The molecule has 0 amide bonds. The number of hydrogen-bond donors (Lipinski definition) is 1. The Morgan fingerprint density at radius 2 is 1.95 bits per heavy atom. The lowest BCUT2D eigenvalue weighted by atomic mass is 10.0. The maximum Gasteiger partial charge on any atom is 0.192 e. The van der Waals surface area contributed by atoms with Crippen LogP contribution in [-0.2, 0) is 4.43 Å². The zero-order chi connectivity index (χ0) is 16.7. The molecule has 1 N–H and O–H groups in total. The van der Waals surface area contributed by atoms with Crippen LogP contribution in [0.15, 0.2) is 11.6 Å². The average molecular weight is 312 g/mol. The number of nitrogens with zero attached hydrogens (tertiary/aromatic N) is 1. The molecule has 0 fully saturated rings. The van der Waals surface area contributed by atoms with E-state index in [1.165, 1.54) is 5.57 Å². The first-order valence-corrected chi connectivity index (χ1v) is 10.9. The summed E-state index contributed by atoms with van der Waals surface area (Å²) in [5.41, 5.74) is 1.19. The molecule has 0 radical (unpaired) electrons. The van der Waals surface area contributed by atoms with Crippen molar-refractivity contribution in [1.82, 2.24) is 0 Å². The van der Waals surface area contributed by atoms with Crippen LogP contribution in [0, 0.1) is 11.3 Å². The molecule has 2 atom stereocenters. The minimum Gasteiger partial charge on any atom is -0.411 e. The van der Waals surface area contributed by atoms with Crippen molar-refractivity contribution in [1.29, 1.82) is 5.26 Å². The summed E-state index contributed by atoms with van der Waals surface area (Å²) < 4.78 is 6.34. The largest absolute Gasteiger partial charge is 0.411 e. The molecule has 0 rings (SSSR count). The smallest absolute Gasteiger partial charge is 0.192 e. The van der Waals surface area contributed by atoms with Gasteiger partial charge in [0.2, 0.25) is 0 Å². The second-order valence-electron chi connectivity index (χ2n) is 7.37. The van der Waals surface area contributed by atoms with E-state index in [9.17, 15) is 5.11 Å². The quantitative estimate of drug-likeness (QED) is 0.518. The first-order chi connectivity index (χ1) is 9.55. The van der Waals surface area contributed by atoms with E-state index in [4.69, 9.17) is 9.69 Å². The van der Waals surface area contributed by atoms with Gasteiger partial charge in [0.1, 0.15) is 0 Å². The predicted molar refractivity (Wildman–Crippen MR) is 91.6 cm³/mol. The zero-order valence-corrected chi connectivity index (χ0v) is 15.9. The van der Waals surface area contributed by atoms with Crippen molar-refractivity contribution in [3.8, 4) is 6.07 Å². The van der Waals surface area contributed by atoms with Crippen LogP contribution in [0.5, 0.6) is 0 Å². The van der Waals surface area contributed by atoms with E-state index < -0.39 is 14.4 Å². The molecule has 0 aliphatic carbocycles. The number of hydrogen-bond acceptors (Lipinski definition) is 3. The molecule has 0 unspecified atom stereocenters. The van der Waals surface area contributed by atoms with Crippen LogP contribution in [-0.4, -0.2) is 25.6 Å². The third-order valence-electron chi connectivity index (χ3n) is 4.27. The number of rotatable bonds is 8. The van der Waals surface area contributed by atoms with Crippen molar-refractivity contribution in [2.45, 2.75) is 90.6 Å². The van der Waals surface area contributed by atoms with E-state index in [1.54, 1.807) is 0 Å². The van der Waals surface area contributed by atoms with E-state index >= 15 is 0 Å². The molecule has 21 heavy (non-hydrogen) atoms. The zero-order valence-electron chi connectivity index (χ0n) is 14.9. The van der Waals surface area contributed by atoms with Crippen LogP contribution in [0.25, 0.3) is 0 Å². The van der Waals surface area contributed by atoms with E-state index in [2.05, 4.69) is 46.9 Å². The Balaban J connectivity index is 5.04. The summed E-state index contributed by atoms with van der Waals surface area (Å²) in [7, 11) is -1.95. The SMILES string of the molecule is CCC/C(C)=C/[C@H](O)[C@H](CCC#N)O[Si](C)(C)C(C)(C)C. The fourth-order valence-electron chi connectivity index (χ4n) is 1.94. The summed E-state index contributed by atoms with van der Waals surface area (Å²) in [5, 5.41) is 19.4. The monoisotopic (exact) mass is 311 g/mol. The number of aliphatic hydroxyl groups is 1. The summed E-state index contributed by atoms with van der Waals surface area (Å²) in [5.74, 6) is 0. The predicted octanol–water partition coefficient (Wildman–Crippen LogP) is 4.79. The Bertz CT molecular complexity index is 377. The molecule has 0 aromatic heterocycles. The van der Waals surface area contributed by atoms with Gasteiger partial charge in [0.05, 0.1) is 18.3 Å². The van der Waals surface area contributed by atoms with Crippen molar-refractivity contribution >= 4 is 8.32 Å². The van der Waals surface area contributed by atoms with Crippen molar-refractivity contribution in [2.24, 2.45) is 0 Å². The molecular formula is C17H33NO2Si. The van der Waals surface area contributed by atoms with Crippen LogP contribution < -0.4 is 0 Å². The lowest BCUT2D eigenvalue weighted by Gasteiger charge is -2.40. The first kappa shape index (κ1) is 20.4. The standard InChI is InChI=1S/C17H33NO2Si/c1-8-10-14(2)13-15(19)16(11-9-12-18)20-21(6,7)17(3,4)5/h13,15-16,19H,8-11H2,1-7H3/b14-13+/t15-,16-/m0/s1. The highest BCUT2D eigenvalue weighted by Crippen LogP contribution is 2.38. The maximum atomic E-state index is 10.5. The second kappa shape index (κ2) is 8.72. The lowest BCUT2D eigenvalue weighted by molar-refractivity contribution is 0.0516. The van der Waals surface area contributed by atoms with Gasteiger partial charge in [-0.3, -0.25) is 0 Å². The third kappa shape index (κ3) is 7.26. The van der Waals surface area contributed by atoms with E-state index in [0.717, 1.165) is 12.8 Å². The van der Waals surface area contributed by atoms with Crippen molar-refractivity contribution < 1.29 is 9.53 Å². The van der Waals surface area contributed by atoms with Gasteiger partial charge in [0.25, 0.3) is 0 Å². The van der Waals surface area contributed by atoms with E-state index in [1.807, 2.05) is 13.0 Å². The van der Waals surface area contributed by atoms with E-state index in [-0.39, 0.29) is 11.1 Å². The van der Waals surface area contributed by atoms with E-state index in [0.29, 0.717) is 12.8 Å². The van der Waals surface area contributed by atoms with Gasteiger partial charge in [-0.1, -0.05) is 45.8 Å². The summed E-state index contributed by atoms with van der Waals surface area (Å²) in [6.07, 6.45) is 4.05. The van der Waals surface area contributed by atoms with Crippen LogP contribution in [0.3, 0.4) is 0 Å². The van der Waals surface area contributed by atoms with Crippen molar-refractivity contribution in [2.75, 3.05) is 0 Å². The third-order valence-corrected chi connectivity index (χ3v) is 8.78. The van der Waals surface area contributed by atoms with Gasteiger partial charge in [-0.25, -0.2) is 0 Å². The lowest BCUT2D eigenvalue weighted by Crippen LogP contribution is -2.46. The molecule has 0 aliphatic rings. The highest BCUT2D eigenvalue weighted by molar-refractivity contribution is 6.74. The molecule has 0 aromatic rings. The Morgan fingerprint density at radius 1 is 1.38 bits per heavy atom. The molecule has 0 heterocycles. The molecule has 0 aliphatic heterocycles. The Labute approximate surface area is 132 Å². The molecule has 4 heteroatoms. The van der Waals surface area contributed by atoms with Crippen LogP contribution >= 0.6 is 0 Å². The number of nitriles is 1. The number of allylic oxidation sites excluding steroid dienone is 1. The molecule has 0 bridgehead atoms. The minimum atomic E-state index is -1.95. The molecule has 0 saturated heterocycles. The Morgan fingerprint density at radius 3 is 2.38 bits per heavy atom. The summed E-state index contributed by atoms with van der Waals surface area (Å²) in [6, 6.07) is 2.16. The summed E-state index contributed by atoms with van der Waals surface area (Å²) in [6.45, 7) is 15.1. The minimum absolute atomic E-state index is 0.0970. The number of aliphatic hydroxyl groups excluding tert-OH is 1. The molecule has 0 spiro atoms. The summed E-state index contributed by atoms with van der Waals surface area (Å²) in [4.78, 5) is 0. The fraction of sp³-hybridized carbons (Fsp3) is 0.824.